The molecule has 1 aromatic heterocycles. The van der Waals surface area contributed by atoms with Gasteiger partial charge in [-0.05, 0) is 49.2 Å². The molecule has 0 aliphatic carbocycles. The van der Waals surface area contributed by atoms with Crippen LogP contribution in [0.1, 0.15) is 17.7 Å². The molecule has 0 bridgehead atoms. The third-order valence-electron chi connectivity index (χ3n) is 5.17. The van der Waals surface area contributed by atoms with Crippen LogP contribution in [0.2, 0.25) is 0 Å². The van der Waals surface area contributed by atoms with Gasteiger partial charge in [-0.3, -0.25) is 0 Å². The Bertz CT molecular complexity index is 1180. The smallest absolute Gasteiger partial charge is 0.338 e. The highest BCUT2D eigenvalue weighted by Gasteiger charge is 2.30. The lowest BCUT2D eigenvalue weighted by atomic mass is 10.1. The number of urea groups is 1. The molecule has 0 atom stereocenters. The lowest BCUT2D eigenvalue weighted by molar-refractivity contribution is -0.137. The number of hydrogen-bond acceptors (Lipinski definition) is 2. The molecule has 0 unspecified atom stereocenters. The van der Waals surface area contributed by atoms with E-state index in [-0.39, 0.29) is 5.69 Å². The number of benzene rings is 3. The van der Waals surface area contributed by atoms with Gasteiger partial charge in [0.05, 0.1) is 22.6 Å². The normalized spacial score (nSPS) is 11.3. The summed E-state index contributed by atoms with van der Waals surface area (Å²) in [6, 6.07) is 25.8. The molecule has 4 aromatic rings. The molecule has 34 heavy (non-hydrogen) atoms. The van der Waals surface area contributed by atoms with Crippen molar-refractivity contribution in [1.82, 2.24) is 15.1 Å². The summed E-state index contributed by atoms with van der Waals surface area (Å²) >= 11 is 0. The predicted octanol–water partition coefficient (Wildman–Crippen LogP) is 6.31. The molecule has 5 nitrogen and oxygen atoms in total. The quantitative estimate of drug-likeness (QED) is 0.315. The zero-order chi connectivity index (χ0) is 24.0. The Morgan fingerprint density at radius 3 is 2.29 bits per heavy atom. The molecule has 0 aliphatic heterocycles. The first-order valence-electron chi connectivity index (χ1n) is 10.8. The van der Waals surface area contributed by atoms with Gasteiger partial charge in [0.25, 0.3) is 0 Å². The standard InChI is InChI=1S/C26H23F3N4O/c27-26(28,29)20-11-7-12-21(17-20)31-25(34)30-16-8-13-22-18-24(19-9-3-1-4-10-19)33(32-22)23-14-5-2-6-15-23/h1-7,9-12,14-15,17-18H,8,13,16H2,(H2,30,31,34). The van der Waals surface area contributed by atoms with Crippen molar-refractivity contribution in [2.45, 2.75) is 19.0 Å². The topological polar surface area (TPSA) is 59.0 Å². The number of carbonyl (C=O) groups is 1. The number of hydrogen-bond donors (Lipinski definition) is 2. The van der Waals surface area contributed by atoms with Crippen molar-refractivity contribution in [3.8, 4) is 16.9 Å². The Morgan fingerprint density at radius 1 is 0.882 bits per heavy atom. The van der Waals surface area contributed by atoms with Crippen molar-refractivity contribution in [3.05, 3.63) is 102 Å². The number of nitrogens with zero attached hydrogens (tertiary/aromatic N) is 2. The third-order valence-corrected chi connectivity index (χ3v) is 5.17. The number of para-hydroxylation sites is 1. The average molecular weight is 464 g/mol. The van der Waals surface area contributed by atoms with Crippen molar-refractivity contribution < 1.29 is 18.0 Å². The molecule has 174 valence electrons. The van der Waals surface area contributed by atoms with Crippen molar-refractivity contribution in [1.29, 1.82) is 0 Å². The van der Waals surface area contributed by atoms with Crippen LogP contribution in [0.5, 0.6) is 0 Å². The van der Waals surface area contributed by atoms with Gasteiger partial charge in [0.15, 0.2) is 0 Å². The van der Waals surface area contributed by atoms with Gasteiger partial charge in [-0.25, -0.2) is 9.48 Å². The monoisotopic (exact) mass is 464 g/mol. The first-order chi connectivity index (χ1) is 16.4. The number of alkyl halides is 3. The number of halogens is 3. The summed E-state index contributed by atoms with van der Waals surface area (Å²) < 4.78 is 40.4. The van der Waals surface area contributed by atoms with Gasteiger partial charge in [0.1, 0.15) is 0 Å². The van der Waals surface area contributed by atoms with Crippen LogP contribution in [0.15, 0.2) is 91.0 Å². The molecule has 4 rings (SSSR count). The van der Waals surface area contributed by atoms with E-state index in [0.717, 1.165) is 34.8 Å². The van der Waals surface area contributed by atoms with Crippen molar-refractivity contribution >= 4 is 11.7 Å². The molecule has 0 radical (unpaired) electrons. The summed E-state index contributed by atoms with van der Waals surface area (Å²) in [4.78, 5) is 12.1. The zero-order valence-electron chi connectivity index (χ0n) is 18.2. The van der Waals surface area contributed by atoms with E-state index in [1.807, 2.05) is 71.4 Å². The Hall–Kier alpha value is -4.07. The van der Waals surface area contributed by atoms with Crippen molar-refractivity contribution in [3.63, 3.8) is 0 Å². The SMILES string of the molecule is O=C(NCCCc1cc(-c2ccccc2)n(-c2ccccc2)n1)Nc1cccc(C(F)(F)F)c1. The molecule has 0 fully saturated rings. The fourth-order valence-electron chi connectivity index (χ4n) is 3.55. The van der Waals surface area contributed by atoms with Gasteiger partial charge in [-0.15, -0.1) is 0 Å². The van der Waals surface area contributed by atoms with E-state index in [2.05, 4.69) is 10.6 Å². The molecular weight excluding hydrogens is 441 g/mol. The van der Waals surface area contributed by atoms with Crippen molar-refractivity contribution in [2.24, 2.45) is 0 Å². The predicted molar refractivity (Wildman–Crippen MR) is 126 cm³/mol. The largest absolute Gasteiger partial charge is 0.416 e. The molecule has 1 heterocycles. The molecule has 0 aliphatic rings. The van der Waals surface area contributed by atoms with Crippen LogP contribution in [0, 0.1) is 0 Å². The molecule has 3 aromatic carbocycles. The van der Waals surface area contributed by atoms with Crippen molar-refractivity contribution in [2.75, 3.05) is 11.9 Å². The summed E-state index contributed by atoms with van der Waals surface area (Å²) in [5.41, 5.74) is 3.12. The lowest BCUT2D eigenvalue weighted by Gasteiger charge is -2.10. The fraction of sp³-hybridized carbons (Fsp3) is 0.154. The van der Waals surface area contributed by atoms with E-state index >= 15 is 0 Å². The van der Waals surface area contributed by atoms with E-state index in [0.29, 0.717) is 19.4 Å². The summed E-state index contributed by atoms with van der Waals surface area (Å²) in [6.45, 7) is 0.351. The second kappa shape index (κ2) is 10.2. The second-order valence-electron chi connectivity index (χ2n) is 7.70. The van der Waals surface area contributed by atoms with Gasteiger partial charge in [0.2, 0.25) is 0 Å². The molecule has 0 spiro atoms. The molecular formula is C26H23F3N4O. The van der Waals surface area contributed by atoms with Gasteiger partial charge >= 0.3 is 12.2 Å². The van der Waals surface area contributed by atoms with E-state index < -0.39 is 17.8 Å². The fourth-order valence-corrected chi connectivity index (χ4v) is 3.55. The van der Waals surface area contributed by atoms with Crippen LogP contribution in [-0.2, 0) is 12.6 Å². The maximum Gasteiger partial charge on any atom is 0.416 e. The second-order valence-corrected chi connectivity index (χ2v) is 7.70. The highest BCUT2D eigenvalue weighted by molar-refractivity contribution is 5.89. The van der Waals surface area contributed by atoms with Crippen LogP contribution in [0.3, 0.4) is 0 Å². The van der Waals surface area contributed by atoms with Gasteiger partial charge in [-0.1, -0.05) is 54.6 Å². The maximum atomic E-state index is 12.8. The number of rotatable bonds is 7. The van der Waals surface area contributed by atoms with E-state index in [1.165, 1.54) is 12.1 Å². The number of anilines is 1. The summed E-state index contributed by atoms with van der Waals surface area (Å²) in [6.07, 6.45) is -3.21. The Labute approximate surface area is 195 Å². The average Bonchev–Trinajstić information content (AvgIpc) is 3.27. The minimum atomic E-state index is -4.46. The van der Waals surface area contributed by atoms with E-state index in [9.17, 15) is 18.0 Å². The number of aryl methyl sites for hydroxylation is 1. The van der Waals surface area contributed by atoms with Gasteiger partial charge in [0, 0.05) is 17.8 Å². The van der Waals surface area contributed by atoms with Crippen LogP contribution >= 0.6 is 0 Å². The highest BCUT2D eigenvalue weighted by Crippen LogP contribution is 2.30. The van der Waals surface area contributed by atoms with Gasteiger partial charge in [-0.2, -0.15) is 18.3 Å². The molecule has 2 N–H and O–H groups in total. The zero-order valence-corrected chi connectivity index (χ0v) is 18.2. The number of aromatic nitrogens is 2. The molecule has 2 amide bonds. The number of amides is 2. The van der Waals surface area contributed by atoms with Gasteiger partial charge < -0.3 is 10.6 Å². The van der Waals surface area contributed by atoms with Crippen LogP contribution in [0.4, 0.5) is 23.7 Å². The first-order valence-corrected chi connectivity index (χ1v) is 10.8. The first kappa shape index (κ1) is 23.1. The highest BCUT2D eigenvalue weighted by atomic mass is 19.4. The minimum absolute atomic E-state index is 0.0847. The molecule has 8 heteroatoms. The number of carbonyl (C=O) groups excluding carboxylic acids is 1. The van der Waals surface area contributed by atoms with Crippen LogP contribution in [0.25, 0.3) is 16.9 Å². The van der Waals surface area contributed by atoms with E-state index in [1.54, 1.807) is 0 Å². The Kier molecular flexibility index (Phi) is 6.96. The Balaban J connectivity index is 1.36. The summed E-state index contributed by atoms with van der Waals surface area (Å²) in [7, 11) is 0. The van der Waals surface area contributed by atoms with Crippen LogP contribution in [-0.4, -0.2) is 22.4 Å². The summed E-state index contributed by atoms with van der Waals surface area (Å²) in [5, 5.41) is 9.87. The summed E-state index contributed by atoms with van der Waals surface area (Å²) in [5.74, 6) is 0. The Morgan fingerprint density at radius 2 is 1.59 bits per heavy atom. The maximum absolute atomic E-state index is 12.8. The van der Waals surface area contributed by atoms with E-state index in [4.69, 9.17) is 5.10 Å². The third kappa shape index (κ3) is 5.83. The molecule has 0 saturated heterocycles. The minimum Gasteiger partial charge on any atom is -0.338 e. The number of nitrogens with one attached hydrogen (secondary N) is 2. The van der Waals surface area contributed by atoms with Crippen LogP contribution < -0.4 is 10.6 Å². The molecule has 0 saturated carbocycles. The lowest BCUT2D eigenvalue weighted by Crippen LogP contribution is -2.29.